The van der Waals surface area contributed by atoms with Crippen LogP contribution in [0.25, 0.3) is 0 Å². The van der Waals surface area contributed by atoms with Crippen molar-refractivity contribution in [1.29, 1.82) is 0 Å². The number of hydrogen-bond donors (Lipinski definition) is 2. The molecule has 3 N–H and O–H groups in total. The Morgan fingerprint density at radius 3 is 2.50 bits per heavy atom. The van der Waals surface area contributed by atoms with Crippen molar-refractivity contribution in [3.05, 3.63) is 29.3 Å². The average Bonchev–Trinajstić information content (AvgIpc) is 2.35. The standard InChI is InChI=1S/C11H14F3N3O/c1-3-17(2)10(18)7-4-5-9(16-15)8(6-7)11(12,13)14/h4-6,16H,3,15H2,1-2H3. The van der Waals surface area contributed by atoms with Crippen molar-refractivity contribution < 1.29 is 18.0 Å². The maximum atomic E-state index is 12.7. The van der Waals surface area contributed by atoms with Crippen molar-refractivity contribution in [2.75, 3.05) is 19.0 Å². The number of carbonyl (C=O) groups is 1. The first kappa shape index (κ1) is 14.3. The van der Waals surface area contributed by atoms with Gasteiger partial charge in [-0.25, -0.2) is 0 Å². The first-order valence-corrected chi connectivity index (χ1v) is 5.24. The molecule has 0 heterocycles. The van der Waals surface area contributed by atoms with Gasteiger partial charge in [0.25, 0.3) is 5.91 Å². The van der Waals surface area contributed by atoms with E-state index in [4.69, 9.17) is 5.84 Å². The van der Waals surface area contributed by atoms with Gasteiger partial charge in [0.1, 0.15) is 0 Å². The van der Waals surface area contributed by atoms with Crippen LogP contribution in [0.15, 0.2) is 18.2 Å². The number of carbonyl (C=O) groups excluding carboxylic acids is 1. The summed E-state index contributed by atoms with van der Waals surface area (Å²) >= 11 is 0. The molecule has 18 heavy (non-hydrogen) atoms. The van der Waals surface area contributed by atoms with Crippen molar-refractivity contribution in [3.63, 3.8) is 0 Å². The maximum Gasteiger partial charge on any atom is 0.418 e. The molecule has 100 valence electrons. The van der Waals surface area contributed by atoms with E-state index in [1.165, 1.54) is 18.0 Å². The van der Waals surface area contributed by atoms with E-state index < -0.39 is 17.6 Å². The zero-order valence-electron chi connectivity index (χ0n) is 10.0. The predicted octanol–water partition coefficient (Wildman–Crippen LogP) is 2.08. The minimum Gasteiger partial charge on any atom is -0.342 e. The highest BCUT2D eigenvalue weighted by Gasteiger charge is 2.34. The molecule has 0 aliphatic carbocycles. The summed E-state index contributed by atoms with van der Waals surface area (Å²) in [4.78, 5) is 13.1. The molecule has 1 aromatic carbocycles. The van der Waals surface area contributed by atoms with Crippen LogP contribution in [-0.2, 0) is 6.18 Å². The second-order valence-corrected chi connectivity index (χ2v) is 3.72. The van der Waals surface area contributed by atoms with E-state index in [0.29, 0.717) is 6.54 Å². The number of halogens is 3. The van der Waals surface area contributed by atoms with Crippen LogP contribution in [0, 0.1) is 0 Å². The molecule has 4 nitrogen and oxygen atoms in total. The smallest absolute Gasteiger partial charge is 0.342 e. The van der Waals surface area contributed by atoms with E-state index >= 15 is 0 Å². The van der Waals surface area contributed by atoms with Crippen LogP contribution in [-0.4, -0.2) is 24.4 Å². The van der Waals surface area contributed by atoms with Crippen LogP contribution >= 0.6 is 0 Å². The molecule has 1 rings (SSSR count). The van der Waals surface area contributed by atoms with Gasteiger partial charge in [-0.2, -0.15) is 13.2 Å². The molecule has 7 heteroatoms. The molecule has 0 radical (unpaired) electrons. The Hall–Kier alpha value is -1.76. The summed E-state index contributed by atoms with van der Waals surface area (Å²) in [6.07, 6.45) is -4.57. The van der Waals surface area contributed by atoms with Crippen molar-refractivity contribution >= 4 is 11.6 Å². The van der Waals surface area contributed by atoms with Crippen LogP contribution in [0.5, 0.6) is 0 Å². The van der Waals surface area contributed by atoms with Gasteiger partial charge < -0.3 is 10.3 Å². The molecule has 0 saturated heterocycles. The van der Waals surface area contributed by atoms with Gasteiger partial charge in [0.05, 0.1) is 11.3 Å². The van der Waals surface area contributed by atoms with Crippen molar-refractivity contribution in [3.8, 4) is 0 Å². The van der Waals surface area contributed by atoms with Gasteiger partial charge in [0, 0.05) is 19.2 Å². The van der Waals surface area contributed by atoms with Crippen LogP contribution in [0.3, 0.4) is 0 Å². The minimum atomic E-state index is -4.57. The van der Waals surface area contributed by atoms with Crippen LogP contribution in [0.2, 0.25) is 0 Å². The fourth-order valence-electron chi connectivity index (χ4n) is 1.40. The Morgan fingerprint density at radius 2 is 2.06 bits per heavy atom. The molecule has 0 aromatic heterocycles. The molecule has 0 saturated carbocycles. The normalized spacial score (nSPS) is 11.2. The number of hydrogen-bond acceptors (Lipinski definition) is 3. The Bertz CT molecular complexity index is 446. The average molecular weight is 261 g/mol. The van der Waals surface area contributed by atoms with Gasteiger partial charge in [-0.1, -0.05) is 0 Å². The molecular formula is C11H14F3N3O. The van der Waals surface area contributed by atoms with E-state index in [0.717, 1.165) is 12.1 Å². The third kappa shape index (κ3) is 2.92. The number of anilines is 1. The zero-order chi connectivity index (χ0) is 13.9. The first-order valence-electron chi connectivity index (χ1n) is 5.24. The maximum absolute atomic E-state index is 12.7. The van der Waals surface area contributed by atoms with Gasteiger partial charge in [0.2, 0.25) is 0 Å². The van der Waals surface area contributed by atoms with Crippen LogP contribution < -0.4 is 11.3 Å². The number of nitrogens with one attached hydrogen (secondary N) is 1. The zero-order valence-corrected chi connectivity index (χ0v) is 10.0. The number of benzene rings is 1. The second-order valence-electron chi connectivity index (χ2n) is 3.72. The molecule has 0 bridgehead atoms. The van der Waals surface area contributed by atoms with Crippen LogP contribution in [0.4, 0.5) is 18.9 Å². The van der Waals surface area contributed by atoms with Crippen LogP contribution in [0.1, 0.15) is 22.8 Å². The minimum absolute atomic E-state index is 0.0225. The molecular weight excluding hydrogens is 247 g/mol. The van der Waals surface area contributed by atoms with E-state index in [1.807, 2.05) is 5.43 Å². The van der Waals surface area contributed by atoms with E-state index in [1.54, 1.807) is 6.92 Å². The Labute approximate surface area is 103 Å². The lowest BCUT2D eigenvalue weighted by Gasteiger charge is -2.17. The van der Waals surface area contributed by atoms with Gasteiger partial charge >= 0.3 is 6.18 Å². The number of hydrazine groups is 1. The summed E-state index contributed by atoms with van der Waals surface area (Å²) in [5.74, 6) is 4.55. The monoisotopic (exact) mass is 261 g/mol. The summed E-state index contributed by atoms with van der Waals surface area (Å²) in [7, 11) is 1.52. The Morgan fingerprint density at radius 1 is 1.44 bits per heavy atom. The molecule has 0 aliphatic rings. The highest BCUT2D eigenvalue weighted by Crippen LogP contribution is 2.35. The fourth-order valence-corrected chi connectivity index (χ4v) is 1.40. The number of rotatable bonds is 3. The second kappa shape index (κ2) is 5.26. The van der Waals surface area contributed by atoms with Crippen molar-refractivity contribution in [2.24, 2.45) is 5.84 Å². The fraction of sp³-hybridized carbons (Fsp3) is 0.364. The molecule has 0 fully saturated rings. The number of amides is 1. The molecule has 0 atom stereocenters. The highest BCUT2D eigenvalue weighted by atomic mass is 19.4. The summed E-state index contributed by atoms with van der Waals surface area (Å²) in [5, 5.41) is 0. The first-order chi connectivity index (χ1) is 8.31. The molecule has 1 amide bonds. The number of nitrogen functional groups attached to an aromatic ring is 1. The Kier molecular flexibility index (Phi) is 4.18. The van der Waals surface area contributed by atoms with Gasteiger partial charge in [0.15, 0.2) is 0 Å². The summed E-state index contributed by atoms with van der Waals surface area (Å²) in [6.45, 7) is 2.15. The quantitative estimate of drug-likeness (QED) is 0.647. The molecule has 0 aliphatic heterocycles. The Balaban J connectivity index is 3.23. The van der Waals surface area contributed by atoms with Gasteiger partial charge in [-0.15, -0.1) is 0 Å². The summed E-state index contributed by atoms with van der Waals surface area (Å²) in [5.41, 5.74) is 0.720. The van der Waals surface area contributed by atoms with E-state index in [-0.39, 0.29) is 11.3 Å². The van der Waals surface area contributed by atoms with Crippen molar-refractivity contribution in [1.82, 2.24) is 4.90 Å². The third-order valence-electron chi connectivity index (χ3n) is 2.55. The number of nitrogens with zero attached hydrogens (tertiary/aromatic N) is 1. The van der Waals surface area contributed by atoms with E-state index in [9.17, 15) is 18.0 Å². The number of nitrogens with two attached hydrogens (primary N) is 1. The van der Waals surface area contributed by atoms with Gasteiger partial charge in [-0.05, 0) is 25.1 Å². The summed E-state index contributed by atoms with van der Waals surface area (Å²) < 4.78 is 38.2. The highest BCUT2D eigenvalue weighted by molar-refractivity contribution is 5.94. The largest absolute Gasteiger partial charge is 0.418 e. The SMILES string of the molecule is CCN(C)C(=O)c1ccc(NN)c(C(F)(F)F)c1. The molecule has 0 unspecified atom stereocenters. The lowest BCUT2D eigenvalue weighted by molar-refractivity contribution is -0.137. The summed E-state index contributed by atoms with van der Waals surface area (Å²) in [6, 6.07) is 3.24. The number of alkyl halides is 3. The lowest BCUT2D eigenvalue weighted by atomic mass is 10.1. The predicted molar refractivity (Wildman–Crippen MR) is 61.9 cm³/mol. The van der Waals surface area contributed by atoms with Crippen molar-refractivity contribution in [2.45, 2.75) is 13.1 Å². The van der Waals surface area contributed by atoms with E-state index in [2.05, 4.69) is 0 Å². The van der Waals surface area contributed by atoms with Gasteiger partial charge in [-0.3, -0.25) is 10.6 Å². The topological polar surface area (TPSA) is 58.4 Å². The molecule has 1 aromatic rings. The third-order valence-corrected chi connectivity index (χ3v) is 2.55. The molecule has 0 spiro atoms. The lowest BCUT2D eigenvalue weighted by Crippen LogP contribution is -2.26.